The first-order valence-electron chi connectivity index (χ1n) is 4.74. The van der Waals surface area contributed by atoms with Crippen LogP contribution in [0.1, 0.15) is 5.82 Å². The van der Waals surface area contributed by atoms with Crippen LogP contribution in [0.25, 0.3) is 11.8 Å². The van der Waals surface area contributed by atoms with Gasteiger partial charge in [-0.3, -0.25) is 4.57 Å². The standard InChI is InChI=1S/C11H8FN3O2/c12-8-1-3-9(4-2-8)15-7-13-14-10(15)5-6-11(16)17/h1-7H,(H,16,17). The Kier molecular flexibility index (Phi) is 2.95. The number of nitrogens with zero attached hydrogens (tertiary/aromatic N) is 3. The molecule has 0 fully saturated rings. The maximum Gasteiger partial charge on any atom is 0.328 e. The number of aliphatic carboxylic acids is 1. The summed E-state index contributed by atoms with van der Waals surface area (Å²) < 4.78 is 14.3. The highest BCUT2D eigenvalue weighted by molar-refractivity contribution is 5.84. The minimum atomic E-state index is -1.07. The zero-order valence-corrected chi connectivity index (χ0v) is 8.62. The largest absolute Gasteiger partial charge is 0.478 e. The van der Waals surface area contributed by atoms with Crippen LogP contribution in [-0.2, 0) is 4.79 Å². The van der Waals surface area contributed by atoms with Gasteiger partial charge < -0.3 is 5.11 Å². The van der Waals surface area contributed by atoms with Gasteiger partial charge in [0.15, 0.2) is 5.82 Å². The van der Waals surface area contributed by atoms with Crippen LogP contribution in [0.3, 0.4) is 0 Å². The van der Waals surface area contributed by atoms with E-state index in [0.717, 1.165) is 6.08 Å². The number of hydrogen-bond donors (Lipinski definition) is 1. The van der Waals surface area contributed by atoms with Crippen molar-refractivity contribution in [1.29, 1.82) is 0 Å². The quantitative estimate of drug-likeness (QED) is 0.816. The molecule has 2 rings (SSSR count). The van der Waals surface area contributed by atoms with Gasteiger partial charge in [-0.05, 0) is 30.3 Å². The molecule has 5 nitrogen and oxygen atoms in total. The second-order valence-corrected chi connectivity index (χ2v) is 3.21. The molecule has 0 aliphatic heterocycles. The summed E-state index contributed by atoms with van der Waals surface area (Å²) in [6.07, 6.45) is 3.71. The van der Waals surface area contributed by atoms with Crippen molar-refractivity contribution < 1.29 is 14.3 Å². The van der Waals surface area contributed by atoms with Gasteiger partial charge in [-0.2, -0.15) is 0 Å². The van der Waals surface area contributed by atoms with E-state index in [2.05, 4.69) is 10.2 Å². The third-order valence-electron chi connectivity index (χ3n) is 2.05. The Morgan fingerprint density at radius 3 is 2.71 bits per heavy atom. The molecule has 0 saturated carbocycles. The zero-order chi connectivity index (χ0) is 12.3. The van der Waals surface area contributed by atoms with Gasteiger partial charge in [-0.25, -0.2) is 9.18 Å². The third kappa shape index (κ3) is 2.54. The molecule has 1 heterocycles. The van der Waals surface area contributed by atoms with Crippen molar-refractivity contribution in [3.63, 3.8) is 0 Å². The minimum Gasteiger partial charge on any atom is -0.478 e. The van der Waals surface area contributed by atoms with E-state index in [9.17, 15) is 9.18 Å². The van der Waals surface area contributed by atoms with Gasteiger partial charge in [0.25, 0.3) is 0 Å². The highest BCUT2D eigenvalue weighted by Crippen LogP contribution is 2.11. The highest BCUT2D eigenvalue weighted by Gasteiger charge is 2.03. The lowest BCUT2D eigenvalue weighted by Gasteiger charge is -2.02. The highest BCUT2D eigenvalue weighted by atomic mass is 19.1. The molecule has 1 aromatic heterocycles. The number of carbonyl (C=O) groups is 1. The molecule has 0 amide bonds. The van der Waals surface area contributed by atoms with E-state index in [1.807, 2.05) is 0 Å². The molecular formula is C11H8FN3O2. The van der Waals surface area contributed by atoms with Crippen molar-refractivity contribution >= 4 is 12.0 Å². The molecule has 0 aliphatic carbocycles. The molecular weight excluding hydrogens is 225 g/mol. The molecule has 0 spiro atoms. The molecule has 86 valence electrons. The molecule has 0 bridgehead atoms. The first kappa shape index (κ1) is 11.0. The average Bonchev–Trinajstić information content (AvgIpc) is 2.75. The van der Waals surface area contributed by atoms with Gasteiger partial charge in [-0.1, -0.05) is 0 Å². The summed E-state index contributed by atoms with van der Waals surface area (Å²) in [6, 6.07) is 5.72. The minimum absolute atomic E-state index is 0.343. The Balaban J connectivity index is 2.36. The molecule has 1 N–H and O–H groups in total. The van der Waals surface area contributed by atoms with E-state index < -0.39 is 5.97 Å². The molecule has 0 unspecified atom stereocenters. The number of halogens is 1. The maximum absolute atomic E-state index is 12.8. The lowest BCUT2D eigenvalue weighted by molar-refractivity contribution is -0.131. The fourth-order valence-corrected chi connectivity index (χ4v) is 1.30. The Labute approximate surface area is 95.8 Å². The predicted molar refractivity (Wildman–Crippen MR) is 58.0 cm³/mol. The van der Waals surface area contributed by atoms with E-state index in [4.69, 9.17) is 5.11 Å². The first-order chi connectivity index (χ1) is 8.16. The SMILES string of the molecule is O=C(O)C=Cc1nncn1-c1ccc(F)cc1. The number of carboxylic acids is 1. The summed E-state index contributed by atoms with van der Waals surface area (Å²) in [4.78, 5) is 10.4. The van der Waals surface area contributed by atoms with Crippen molar-refractivity contribution in [3.05, 3.63) is 48.3 Å². The topological polar surface area (TPSA) is 68.0 Å². The molecule has 1 aromatic carbocycles. The summed E-state index contributed by atoms with van der Waals surface area (Å²) in [5.41, 5.74) is 0.654. The lowest BCUT2D eigenvalue weighted by atomic mass is 10.3. The Morgan fingerprint density at radius 1 is 1.35 bits per heavy atom. The van der Waals surface area contributed by atoms with Crippen molar-refractivity contribution in [1.82, 2.24) is 14.8 Å². The fourth-order valence-electron chi connectivity index (χ4n) is 1.30. The van der Waals surface area contributed by atoms with Crippen LogP contribution in [0.15, 0.2) is 36.7 Å². The lowest BCUT2D eigenvalue weighted by Crippen LogP contribution is -1.96. The van der Waals surface area contributed by atoms with Crippen LogP contribution in [0, 0.1) is 5.82 Å². The van der Waals surface area contributed by atoms with E-state index in [0.29, 0.717) is 11.5 Å². The molecule has 0 atom stereocenters. The van der Waals surface area contributed by atoms with E-state index in [-0.39, 0.29) is 5.82 Å². The predicted octanol–water partition coefficient (Wildman–Crippen LogP) is 1.50. The summed E-state index contributed by atoms with van der Waals surface area (Å²) in [6.45, 7) is 0. The molecule has 0 aliphatic rings. The molecule has 0 saturated heterocycles. The van der Waals surface area contributed by atoms with Gasteiger partial charge >= 0.3 is 5.97 Å². The number of benzene rings is 1. The zero-order valence-electron chi connectivity index (χ0n) is 8.62. The van der Waals surface area contributed by atoms with Crippen LogP contribution in [0.2, 0.25) is 0 Å². The molecule has 6 heteroatoms. The Hall–Kier alpha value is -2.50. The van der Waals surface area contributed by atoms with Crippen molar-refractivity contribution in [2.24, 2.45) is 0 Å². The number of aromatic nitrogens is 3. The van der Waals surface area contributed by atoms with Crippen LogP contribution >= 0.6 is 0 Å². The van der Waals surface area contributed by atoms with E-state index in [1.54, 1.807) is 16.7 Å². The molecule has 2 aromatic rings. The maximum atomic E-state index is 12.8. The first-order valence-corrected chi connectivity index (χ1v) is 4.74. The summed E-state index contributed by atoms with van der Waals surface area (Å²) in [7, 11) is 0. The molecule has 17 heavy (non-hydrogen) atoms. The van der Waals surface area contributed by atoms with Crippen molar-refractivity contribution in [2.45, 2.75) is 0 Å². The van der Waals surface area contributed by atoms with Gasteiger partial charge in [0.2, 0.25) is 0 Å². The van der Waals surface area contributed by atoms with Crippen LogP contribution < -0.4 is 0 Å². The van der Waals surface area contributed by atoms with Gasteiger partial charge in [0, 0.05) is 11.8 Å². The van der Waals surface area contributed by atoms with Gasteiger partial charge in [-0.15, -0.1) is 10.2 Å². The summed E-state index contributed by atoms with van der Waals surface area (Å²) in [5.74, 6) is -1.05. The van der Waals surface area contributed by atoms with Crippen LogP contribution in [0.5, 0.6) is 0 Å². The summed E-state index contributed by atoms with van der Waals surface area (Å²) >= 11 is 0. The van der Waals surface area contributed by atoms with E-state index in [1.165, 1.54) is 24.5 Å². The van der Waals surface area contributed by atoms with E-state index >= 15 is 0 Å². The van der Waals surface area contributed by atoms with Crippen LogP contribution in [0.4, 0.5) is 4.39 Å². The van der Waals surface area contributed by atoms with Crippen molar-refractivity contribution in [3.8, 4) is 5.69 Å². The van der Waals surface area contributed by atoms with Crippen LogP contribution in [-0.4, -0.2) is 25.8 Å². The number of hydrogen-bond acceptors (Lipinski definition) is 3. The third-order valence-corrected chi connectivity index (χ3v) is 2.05. The average molecular weight is 233 g/mol. The Morgan fingerprint density at radius 2 is 2.06 bits per heavy atom. The number of rotatable bonds is 3. The van der Waals surface area contributed by atoms with Crippen molar-refractivity contribution in [2.75, 3.05) is 0 Å². The smallest absolute Gasteiger partial charge is 0.328 e. The normalized spacial score (nSPS) is 10.9. The monoisotopic (exact) mass is 233 g/mol. The number of carboxylic acid groups (broad SMARTS) is 1. The van der Waals surface area contributed by atoms with Gasteiger partial charge in [0.05, 0.1) is 0 Å². The summed E-state index contributed by atoms with van der Waals surface area (Å²) in [5, 5.41) is 15.9. The molecule has 0 radical (unpaired) electrons. The Bertz CT molecular complexity index is 560. The fraction of sp³-hybridized carbons (Fsp3) is 0. The van der Waals surface area contributed by atoms with Gasteiger partial charge in [0.1, 0.15) is 12.1 Å². The second-order valence-electron chi connectivity index (χ2n) is 3.21. The second kappa shape index (κ2) is 4.56.